The van der Waals surface area contributed by atoms with Gasteiger partial charge in [-0.25, -0.2) is 4.79 Å². The van der Waals surface area contributed by atoms with Crippen LogP contribution in [0.4, 0.5) is 0 Å². The highest BCUT2D eigenvalue weighted by atomic mass is 16.5. The first-order valence-electron chi connectivity index (χ1n) is 7.42. The molecule has 1 aromatic rings. The average molecular weight is 319 g/mol. The number of ether oxygens (including phenoxy) is 1. The molecule has 9 heteroatoms. The number of amidine groups is 1. The number of carbonyl (C=O) groups is 1. The van der Waals surface area contributed by atoms with Gasteiger partial charge in [-0.3, -0.25) is 5.41 Å². The van der Waals surface area contributed by atoms with Gasteiger partial charge in [0, 0.05) is 0 Å². The Labute approximate surface area is 133 Å². The van der Waals surface area contributed by atoms with E-state index in [-0.39, 0.29) is 29.7 Å². The predicted molar refractivity (Wildman–Crippen MR) is 83.3 cm³/mol. The molecule has 5 N–H and O–H groups in total. The van der Waals surface area contributed by atoms with Crippen LogP contribution in [0.25, 0.3) is 0 Å². The van der Waals surface area contributed by atoms with Gasteiger partial charge in [-0.2, -0.15) is 0 Å². The van der Waals surface area contributed by atoms with Crippen LogP contribution < -0.4 is 15.1 Å². The van der Waals surface area contributed by atoms with Gasteiger partial charge in [0.05, 0.1) is 19.6 Å². The summed E-state index contributed by atoms with van der Waals surface area (Å²) in [5, 5.41) is 26.7. The van der Waals surface area contributed by atoms with Crippen LogP contribution in [-0.2, 0) is 6.42 Å². The fourth-order valence-electron chi connectivity index (χ4n) is 2.76. The molecule has 0 amide bonds. The molecule has 0 unspecified atom stereocenters. The highest BCUT2D eigenvalue weighted by Gasteiger charge is 2.34. The first-order chi connectivity index (χ1) is 11.0. The molecule has 2 aliphatic rings. The standard InChI is InChI=1S/C14H18BN3O5/c16-5-11(17)18-6-9(7-18)22-10-2-1-8-3-4-15(21)23-13(8)12(10)14(19)20/h1-2,9,17,21H,3-7,16H2,(H,19,20). The van der Waals surface area contributed by atoms with Crippen LogP contribution in [0.15, 0.2) is 12.1 Å². The lowest BCUT2D eigenvalue weighted by Gasteiger charge is -2.40. The van der Waals surface area contributed by atoms with Crippen LogP contribution >= 0.6 is 0 Å². The average Bonchev–Trinajstić information content (AvgIpc) is 2.48. The lowest BCUT2D eigenvalue weighted by Crippen LogP contribution is -2.57. The van der Waals surface area contributed by atoms with E-state index in [0.717, 1.165) is 5.56 Å². The topological polar surface area (TPSA) is 129 Å². The molecule has 2 heterocycles. The van der Waals surface area contributed by atoms with Crippen molar-refractivity contribution in [3.8, 4) is 11.5 Å². The fourth-order valence-corrected chi connectivity index (χ4v) is 2.76. The molecule has 3 rings (SSSR count). The van der Waals surface area contributed by atoms with E-state index in [9.17, 15) is 14.9 Å². The lowest BCUT2D eigenvalue weighted by atomic mass is 9.78. The van der Waals surface area contributed by atoms with Crippen molar-refractivity contribution in [1.29, 1.82) is 5.41 Å². The first-order valence-corrected chi connectivity index (χ1v) is 7.42. The van der Waals surface area contributed by atoms with Crippen LogP contribution in [0.2, 0.25) is 6.32 Å². The molecule has 1 saturated heterocycles. The van der Waals surface area contributed by atoms with Crippen molar-refractivity contribution >= 4 is 18.9 Å². The summed E-state index contributed by atoms with van der Waals surface area (Å²) in [5.41, 5.74) is 6.10. The Hall–Kier alpha value is -2.26. The van der Waals surface area contributed by atoms with E-state index < -0.39 is 13.1 Å². The number of hydrogen-bond acceptors (Lipinski definition) is 6. The number of nitrogens with two attached hydrogens (primary N) is 1. The number of nitrogens with zero attached hydrogens (tertiary/aromatic N) is 1. The van der Waals surface area contributed by atoms with E-state index in [2.05, 4.69) is 0 Å². The molecule has 122 valence electrons. The van der Waals surface area contributed by atoms with Crippen molar-refractivity contribution in [2.45, 2.75) is 18.8 Å². The second-order valence-corrected chi connectivity index (χ2v) is 5.64. The Morgan fingerprint density at radius 2 is 2.26 bits per heavy atom. The number of likely N-dealkylation sites (tertiary alicyclic amines) is 1. The maximum atomic E-state index is 11.6. The molecular weight excluding hydrogens is 301 g/mol. The summed E-state index contributed by atoms with van der Waals surface area (Å²) >= 11 is 0. The summed E-state index contributed by atoms with van der Waals surface area (Å²) in [7, 11) is -1.000. The predicted octanol–water partition coefficient (Wildman–Crippen LogP) is -0.201. The molecule has 0 spiro atoms. The number of nitrogens with one attached hydrogen (secondary N) is 1. The minimum atomic E-state index is -1.16. The molecule has 0 aliphatic carbocycles. The lowest BCUT2D eigenvalue weighted by molar-refractivity contribution is 0.0591. The zero-order valence-electron chi connectivity index (χ0n) is 12.5. The van der Waals surface area contributed by atoms with E-state index in [1.54, 1.807) is 17.0 Å². The van der Waals surface area contributed by atoms with E-state index in [4.69, 9.17) is 20.5 Å². The maximum absolute atomic E-state index is 11.6. The molecule has 1 fully saturated rings. The van der Waals surface area contributed by atoms with Crippen molar-refractivity contribution < 1.29 is 24.3 Å². The second-order valence-electron chi connectivity index (χ2n) is 5.64. The van der Waals surface area contributed by atoms with E-state index in [1.807, 2.05) is 0 Å². The van der Waals surface area contributed by atoms with E-state index in [0.29, 0.717) is 31.7 Å². The van der Waals surface area contributed by atoms with Crippen LogP contribution in [0, 0.1) is 5.41 Å². The highest BCUT2D eigenvalue weighted by molar-refractivity contribution is 6.44. The van der Waals surface area contributed by atoms with Crippen molar-refractivity contribution in [3.05, 3.63) is 23.3 Å². The number of aryl methyl sites for hydroxylation is 1. The zero-order valence-corrected chi connectivity index (χ0v) is 12.5. The van der Waals surface area contributed by atoms with Crippen LogP contribution in [-0.4, -0.2) is 59.7 Å². The number of fused-ring (bicyclic) bond motifs is 1. The second kappa shape index (κ2) is 6.09. The minimum absolute atomic E-state index is 0.0615. The SMILES string of the molecule is N=C(CN)N1CC(Oc2ccc3c(c2C(=O)O)OB(O)CC3)C1. The normalized spacial score (nSPS) is 17.1. The van der Waals surface area contributed by atoms with Crippen LogP contribution in [0.1, 0.15) is 15.9 Å². The van der Waals surface area contributed by atoms with Crippen molar-refractivity contribution in [2.24, 2.45) is 5.73 Å². The summed E-state index contributed by atoms with van der Waals surface area (Å²) in [6.07, 6.45) is 0.791. The summed E-state index contributed by atoms with van der Waals surface area (Å²) in [5.74, 6) is -0.425. The molecule has 1 aromatic carbocycles. The molecule has 0 aromatic heterocycles. The Morgan fingerprint density at radius 1 is 1.52 bits per heavy atom. The Kier molecular flexibility index (Phi) is 4.14. The summed E-state index contributed by atoms with van der Waals surface area (Å²) in [6.45, 7) is 1.16. The molecule has 0 bridgehead atoms. The highest BCUT2D eigenvalue weighted by Crippen LogP contribution is 2.37. The van der Waals surface area contributed by atoms with Crippen molar-refractivity contribution in [2.75, 3.05) is 19.6 Å². The number of carboxylic acid groups (broad SMARTS) is 1. The molecule has 8 nitrogen and oxygen atoms in total. The Balaban J connectivity index is 1.79. The van der Waals surface area contributed by atoms with Gasteiger partial charge in [-0.15, -0.1) is 0 Å². The van der Waals surface area contributed by atoms with Crippen molar-refractivity contribution in [1.82, 2.24) is 4.90 Å². The number of rotatable bonds is 4. The van der Waals surface area contributed by atoms with Gasteiger partial charge in [0.25, 0.3) is 0 Å². The molecule has 0 atom stereocenters. The van der Waals surface area contributed by atoms with Crippen LogP contribution in [0.3, 0.4) is 0 Å². The summed E-state index contributed by atoms with van der Waals surface area (Å²) in [6, 6.07) is 3.39. The number of benzene rings is 1. The summed E-state index contributed by atoms with van der Waals surface area (Å²) in [4.78, 5) is 13.4. The van der Waals surface area contributed by atoms with Gasteiger partial charge in [0.1, 0.15) is 29.0 Å². The van der Waals surface area contributed by atoms with Crippen molar-refractivity contribution in [3.63, 3.8) is 0 Å². The zero-order chi connectivity index (χ0) is 16.6. The third-order valence-electron chi connectivity index (χ3n) is 4.05. The Morgan fingerprint density at radius 3 is 2.91 bits per heavy atom. The third kappa shape index (κ3) is 2.97. The first kappa shape index (κ1) is 15.6. The number of aromatic carboxylic acids is 1. The maximum Gasteiger partial charge on any atom is 0.522 e. The van der Waals surface area contributed by atoms with Gasteiger partial charge in [-0.1, -0.05) is 6.07 Å². The molecule has 23 heavy (non-hydrogen) atoms. The molecule has 2 aliphatic heterocycles. The minimum Gasteiger partial charge on any atom is -0.535 e. The Bertz CT molecular complexity index is 648. The van der Waals surface area contributed by atoms with Gasteiger partial charge < -0.3 is 30.2 Å². The van der Waals surface area contributed by atoms with E-state index >= 15 is 0 Å². The summed E-state index contributed by atoms with van der Waals surface area (Å²) < 4.78 is 11.1. The van der Waals surface area contributed by atoms with Gasteiger partial charge >= 0.3 is 13.1 Å². The molecule has 0 saturated carbocycles. The van der Waals surface area contributed by atoms with Crippen LogP contribution in [0.5, 0.6) is 11.5 Å². The van der Waals surface area contributed by atoms with Gasteiger partial charge in [0.15, 0.2) is 0 Å². The van der Waals surface area contributed by atoms with Gasteiger partial charge in [-0.05, 0) is 24.4 Å². The smallest absolute Gasteiger partial charge is 0.522 e. The number of carboxylic acids is 1. The molecular formula is C14H18BN3O5. The largest absolute Gasteiger partial charge is 0.535 e. The quantitative estimate of drug-likeness (QED) is 0.343. The monoisotopic (exact) mass is 319 g/mol. The fraction of sp³-hybridized carbons (Fsp3) is 0.429. The number of hydrogen-bond donors (Lipinski definition) is 4. The van der Waals surface area contributed by atoms with Gasteiger partial charge in [0.2, 0.25) is 0 Å². The third-order valence-corrected chi connectivity index (χ3v) is 4.05. The molecule has 0 radical (unpaired) electrons. The van der Waals surface area contributed by atoms with E-state index in [1.165, 1.54) is 0 Å².